The normalized spacial score (nSPS) is 10.5. The second-order valence-corrected chi connectivity index (χ2v) is 4.42. The molecule has 0 aliphatic carbocycles. The van der Waals surface area contributed by atoms with Crippen molar-refractivity contribution in [2.45, 2.75) is 11.6 Å². The van der Waals surface area contributed by atoms with E-state index in [0.29, 0.717) is 16.5 Å². The lowest BCUT2D eigenvalue weighted by atomic mass is 10.2. The number of thioether (sulfide) groups is 1. The number of hydrogen-bond acceptors (Lipinski definition) is 5. The number of carboxylic acids is 1. The number of nitrogens with zero attached hydrogens (tertiary/aromatic N) is 2. The molecule has 18 heavy (non-hydrogen) atoms. The van der Waals surface area contributed by atoms with E-state index in [9.17, 15) is 9.18 Å². The predicted molar refractivity (Wildman–Crippen MR) is 62.7 cm³/mol. The van der Waals surface area contributed by atoms with Gasteiger partial charge < -0.3 is 9.52 Å². The van der Waals surface area contributed by atoms with E-state index >= 15 is 0 Å². The lowest BCUT2D eigenvalue weighted by molar-refractivity contribution is -0.136. The van der Waals surface area contributed by atoms with Gasteiger partial charge in [-0.05, 0) is 24.3 Å². The van der Waals surface area contributed by atoms with Crippen LogP contribution in [0.2, 0.25) is 0 Å². The summed E-state index contributed by atoms with van der Waals surface area (Å²) in [5, 5.41) is 16.4. The fraction of sp³-hybridized carbons (Fsp3) is 0.182. The van der Waals surface area contributed by atoms with Crippen molar-refractivity contribution in [1.82, 2.24) is 10.2 Å². The molecule has 0 aliphatic heterocycles. The SMILES string of the molecule is O=C(O)CCSc1nnc(-c2ccc(F)cc2)o1. The molecule has 0 spiro atoms. The van der Waals surface area contributed by atoms with Crippen molar-refractivity contribution < 1.29 is 18.7 Å². The predicted octanol–water partition coefficient (Wildman–Crippen LogP) is 2.44. The highest BCUT2D eigenvalue weighted by Gasteiger charge is 2.09. The second kappa shape index (κ2) is 5.63. The molecule has 94 valence electrons. The fourth-order valence-electron chi connectivity index (χ4n) is 1.20. The van der Waals surface area contributed by atoms with Crippen LogP contribution in [0.25, 0.3) is 11.5 Å². The third-order valence-corrected chi connectivity index (χ3v) is 2.86. The molecule has 5 nitrogen and oxygen atoms in total. The molecular formula is C11H9FN2O3S. The minimum Gasteiger partial charge on any atom is -0.481 e. The quantitative estimate of drug-likeness (QED) is 0.839. The Kier molecular flexibility index (Phi) is 3.93. The van der Waals surface area contributed by atoms with Crippen molar-refractivity contribution in [3.63, 3.8) is 0 Å². The molecule has 0 aliphatic rings. The number of benzene rings is 1. The first kappa shape index (κ1) is 12.6. The topological polar surface area (TPSA) is 76.2 Å². The maximum absolute atomic E-state index is 12.7. The molecule has 0 bridgehead atoms. The average Bonchev–Trinajstić information content (AvgIpc) is 2.78. The van der Waals surface area contributed by atoms with Crippen molar-refractivity contribution >= 4 is 17.7 Å². The Hall–Kier alpha value is -1.89. The van der Waals surface area contributed by atoms with Gasteiger partial charge in [-0.1, -0.05) is 11.8 Å². The van der Waals surface area contributed by atoms with Crippen molar-refractivity contribution in [3.8, 4) is 11.5 Å². The van der Waals surface area contributed by atoms with Gasteiger partial charge in [0.15, 0.2) is 0 Å². The monoisotopic (exact) mass is 268 g/mol. The van der Waals surface area contributed by atoms with Crippen molar-refractivity contribution in [1.29, 1.82) is 0 Å². The lowest BCUT2D eigenvalue weighted by Crippen LogP contribution is -1.95. The summed E-state index contributed by atoms with van der Waals surface area (Å²) in [7, 11) is 0. The van der Waals surface area contributed by atoms with E-state index in [0.717, 1.165) is 0 Å². The van der Waals surface area contributed by atoms with E-state index in [-0.39, 0.29) is 18.1 Å². The molecule has 0 saturated heterocycles. The zero-order chi connectivity index (χ0) is 13.0. The van der Waals surface area contributed by atoms with Crippen LogP contribution in [0, 0.1) is 5.82 Å². The van der Waals surface area contributed by atoms with Gasteiger partial charge >= 0.3 is 5.97 Å². The molecule has 1 heterocycles. The van der Waals surface area contributed by atoms with Gasteiger partial charge in [0.1, 0.15) is 5.82 Å². The first-order valence-corrected chi connectivity index (χ1v) is 6.08. The number of rotatable bonds is 5. The van der Waals surface area contributed by atoms with Gasteiger partial charge in [-0.25, -0.2) is 4.39 Å². The molecule has 0 radical (unpaired) electrons. The molecule has 1 N–H and O–H groups in total. The van der Waals surface area contributed by atoms with Gasteiger partial charge in [-0.3, -0.25) is 4.79 Å². The Bertz CT molecular complexity index is 541. The van der Waals surface area contributed by atoms with Gasteiger partial charge in [0.2, 0.25) is 5.89 Å². The molecule has 0 amide bonds. The van der Waals surface area contributed by atoms with Crippen LogP contribution in [0.5, 0.6) is 0 Å². The molecule has 0 fully saturated rings. The van der Waals surface area contributed by atoms with Crippen LogP contribution in [-0.2, 0) is 4.79 Å². The Balaban J connectivity index is 2.01. The largest absolute Gasteiger partial charge is 0.481 e. The number of aliphatic carboxylic acids is 1. The van der Waals surface area contributed by atoms with Crippen LogP contribution in [0.3, 0.4) is 0 Å². The highest BCUT2D eigenvalue weighted by atomic mass is 32.2. The Morgan fingerprint density at radius 1 is 1.33 bits per heavy atom. The molecule has 7 heteroatoms. The number of aromatic nitrogens is 2. The summed E-state index contributed by atoms with van der Waals surface area (Å²) in [6.07, 6.45) is 0.0267. The fourth-order valence-corrected chi connectivity index (χ4v) is 1.89. The molecule has 0 unspecified atom stereocenters. The third kappa shape index (κ3) is 3.30. The van der Waals surface area contributed by atoms with Gasteiger partial charge in [0, 0.05) is 11.3 Å². The molecule has 1 aromatic carbocycles. The summed E-state index contributed by atoms with van der Waals surface area (Å²) in [6, 6.07) is 5.68. The van der Waals surface area contributed by atoms with Crippen LogP contribution in [0.15, 0.2) is 33.9 Å². The average molecular weight is 268 g/mol. The van der Waals surface area contributed by atoms with Crippen molar-refractivity contribution in [2.24, 2.45) is 0 Å². The highest BCUT2D eigenvalue weighted by Crippen LogP contribution is 2.23. The van der Waals surface area contributed by atoms with E-state index in [1.54, 1.807) is 0 Å². The summed E-state index contributed by atoms with van der Waals surface area (Å²) in [5.74, 6) is -0.566. The van der Waals surface area contributed by atoms with Gasteiger partial charge in [-0.15, -0.1) is 10.2 Å². The number of carboxylic acid groups (broad SMARTS) is 1. The van der Waals surface area contributed by atoms with E-state index in [4.69, 9.17) is 9.52 Å². The Morgan fingerprint density at radius 3 is 2.72 bits per heavy atom. The summed E-state index contributed by atoms with van der Waals surface area (Å²) in [5.41, 5.74) is 0.619. The summed E-state index contributed by atoms with van der Waals surface area (Å²) >= 11 is 1.17. The van der Waals surface area contributed by atoms with E-state index in [1.165, 1.54) is 36.0 Å². The smallest absolute Gasteiger partial charge is 0.304 e. The second-order valence-electron chi connectivity index (χ2n) is 3.37. The molecule has 2 rings (SSSR count). The van der Waals surface area contributed by atoms with Crippen LogP contribution in [0.4, 0.5) is 4.39 Å². The lowest BCUT2D eigenvalue weighted by Gasteiger charge is -1.94. The standard InChI is InChI=1S/C11H9FN2O3S/c12-8-3-1-7(2-4-8)10-13-14-11(17-10)18-6-5-9(15)16/h1-4H,5-6H2,(H,15,16). The Morgan fingerprint density at radius 2 is 2.06 bits per heavy atom. The van der Waals surface area contributed by atoms with Crippen LogP contribution < -0.4 is 0 Å². The van der Waals surface area contributed by atoms with E-state index < -0.39 is 5.97 Å². The Labute approximate surface area is 106 Å². The zero-order valence-corrected chi connectivity index (χ0v) is 9.98. The molecule has 2 aromatic rings. The summed E-state index contributed by atoms with van der Waals surface area (Å²) in [4.78, 5) is 10.3. The van der Waals surface area contributed by atoms with Gasteiger partial charge in [0.25, 0.3) is 5.22 Å². The van der Waals surface area contributed by atoms with Crippen LogP contribution in [0.1, 0.15) is 6.42 Å². The van der Waals surface area contributed by atoms with E-state index in [1.807, 2.05) is 0 Å². The van der Waals surface area contributed by atoms with Crippen LogP contribution >= 0.6 is 11.8 Å². The van der Waals surface area contributed by atoms with Crippen LogP contribution in [-0.4, -0.2) is 27.0 Å². The molecule has 0 atom stereocenters. The van der Waals surface area contributed by atoms with Gasteiger partial charge in [0.05, 0.1) is 6.42 Å². The highest BCUT2D eigenvalue weighted by molar-refractivity contribution is 7.99. The first-order valence-electron chi connectivity index (χ1n) is 5.09. The number of hydrogen-bond donors (Lipinski definition) is 1. The third-order valence-electron chi connectivity index (χ3n) is 2.04. The van der Waals surface area contributed by atoms with Gasteiger partial charge in [-0.2, -0.15) is 0 Å². The zero-order valence-electron chi connectivity index (χ0n) is 9.17. The molecular weight excluding hydrogens is 259 g/mol. The minimum absolute atomic E-state index is 0.0267. The number of carbonyl (C=O) groups is 1. The number of halogens is 1. The molecule has 0 saturated carbocycles. The maximum Gasteiger partial charge on any atom is 0.304 e. The summed E-state index contributed by atoms with van der Waals surface area (Å²) in [6.45, 7) is 0. The summed E-state index contributed by atoms with van der Waals surface area (Å²) < 4.78 is 18.0. The first-order chi connectivity index (χ1) is 8.65. The minimum atomic E-state index is -0.874. The molecule has 1 aromatic heterocycles. The van der Waals surface area contributed by atoms with E-state index in [2.05, 4.69) is 10.2 Å². The van der Waals surface area contributed by atoms with Crippen molar-refractivity contribution in [3.05, 3.63) is 30.1 Å². The van der Waals surface area contributed by atoms with Crippen molar-refractivity contribution in [2.75, 3.05) is 5.75 Å². The maximum atomic E-state index is 12.7.